The molecule has 0 spiro atoms. The minimum Gasteiger partial charge on any atom is -0.493 e. The van der Waals surface area contributed by atoms with Crippen LogP contribution in [0.3, 0.4) is 0 Å². The third kappa shape index (κ3) is 5.93. The molecule has 4 aromatic rings. The van der Waals surface area contributed by atoms with Gasteiger partial charge in [0.05, 0.1) is 12.8 Å². The van der Waals surface area contributed by atoms with Crippen LogP contribution >= 0.6 is 0 Å². The van der Waals surface area contributed by atoms with Crippen molar-refractivity contribution in [3.8, 4) is 28.4 Å². The topological polar surface area (TPSA) is 69.5 Å². The first kappa shape index (κ1) is 24.6. The summed E-state index contributed by atoms with van der Waals surface area (Å²) in [6.07, 6.45) is 8.40. The van der Waals surface area contributed by atoms with Crippen LogP contribution in [0.2, 0.25) is 0 Å². The van der Waals surface area contributed by atoms with Gasteiger partial charge in [0.2, 0.25) is 5.91 Å². The number of nitrogens with zero attached hydrogens (tertiary/aromatic N) is 4. The first-order valence-electron chi connectivity index (χ1n) is 11.0. The highest BCUT2D eigenvalue weighted by atomic mass is 19.3. The third-order valence-electron chi connectivity index (χ3n) is 5.34. The van der Waals surface area contributed by atoms with Gasteiger partial charge in [-0.25, -0.2) is 4.68 Å². The molecule has 2 aromatic heterocycles. The van der Waals surface area contributed by atoms with Gasteiger partial charge in [-0.3, -0.25) is 9.78 Å². The van der Waals surface area contributed by atoms with E-state index < -0.39 is 6.61 Å². The largest absolute Gasteiger partial charge is 0.493 e. The number of carbonyl (C=O) groups is 1. The molecule has 4 rings (SSSR count). The van der Waals surface area contributed by atoms with Gasteiger partial charge < -0.3 is 14.4 Å². The second kappa shape index (κ2) is 11.3. The number of benzene rings is 2. The monoisotopic (exact) mass is 490 g/mol. The molecule has 2 heterocycles. The van der Waals surface area contributed by atoms with E-state index in [-0.39, 0.29) is 24.0 Å². The summed E-state index contributed by atoms with van der Waals surface area (Å²) < 4.78 is 36.8. The number of aromatic nitrogens is 3. The molecule has 0 aliphatic carbocycles. The van der Waals surface area contributed by atoms with Gasteiger partial charge >= 0.3 is 6.61 Å². The van der Waals surface area contributed by atoms with Crippen molar-refractivity contribution in [2.24, 2.45) is 0 Å². The highest BCUT2D eigenvalue weighted by Gasteiger charge is 2.15. The SMILES string of the molecule is COc1ccc(CN(C)C(=O)/C=C/c2cn(-c3ccccc3)nc2-c2cccnc2)cc1OC(F)F. The van der Waals surface area contributed by atoms with Crippen LogP contribution in [0.4, 0.5) is 8.78 Å². The number of carbonyl (C=O) groups excluding carboxylic acids is 1. The third-order valence-corrected chi connectivity index (χ3v) is 5.34. The van der Waals surface area contributed by atoms with Crippen LogP contribution in [-0.4, -0.2) is 46.3 Å². The number of alkyl halides is 2. The van der Waals surface area contributed by atoms with E-state index in [2.05, 4.69) is 9.72 Å². The second-order valence-corrected chi connectivity index (χ2v) is 7.85. The molecule has 9 heteroatoms. The summed E-state index contributed by atoms with van der Waals surface area (Å²) in [5.74, 6) is -0.172. The van der Waals surface area contributed by atoms with Crippen LogP contribution in [0.1, 0.15) is 11.1 Å². The maximum absolute atomic E-state index is 12.9. The number of likely N-dealkylation sites (N-methyl/N-ethyl adjacent to an activating group) is 1. The number of hydrogen-bond acceptors (Lipinski definition) is 5. The van der Waals surface area contributed by atoms with Gasteiger partial charge in [-0.1, -0.05) is 24.3 Å². The van der Waals surface area contributed by atoms with E-state index in [1.165, 1.54) is 30.2 Å². The van der Waals surface area contributed by atoms with Crippen LogP contribution in [0.5, 0.6) is 11.5 Å². The number of amides is 1. The second-order valence-electron chi connectivity index (χ2n) is 7.85. The summed E-state index contributed by atoms with van der Waals surface area (Å²) in [4.78, 5) is 18.5. The normalized spacial score (nSPS) is 11.1. The van der Waals surface area contributed by atoms with E-state index in [0.29, 0.717) is 11.3 Å². The van der Waals surface area contributed by atoms with Crippen molar-refractivity contribution in [3.05, 3.63) is 96.5 Å². The minimum atomic E-state index is -2.98. The van der Waals surface area contributed by atoms with Gasteiger partial charge in [0.1, 0.15) is 5.69 Å². The van der Waals surface area contributed by atoms with Crippen molar-refractivity contribution in [2.45, 2.75) is 13.2 Å². The molecule has 36 heavy (non-hydrogen) atoms. The van der Waals surface area contributed by atoms with Crippen molar-refractivity contribution in [1.82, 2.24) is 19.7 Å². The Hall–Kier alpha value is -4.53. The Kier molecular flexibility index (Phi) is 7.69. The standard InChI is InChI=1S/C27H24F2N4O3/c1-32(17-19-10-12-23(35-2)24(15-19)36-27(28)29)25(34)13-11-21-18-33(22-8-4-3-5-9-22)31-26(21)20-7-6-14-30-16-20/h3-16,18,27H,17H2,1-2H3/b13-11+. The Morgan fingerprint density at radius 3 is 2.61 bits per heavy atom. The highest BCUT2D eigenvalue weighted by Crippen LogP contribution is 2.30. The van der Waals surface area contributed by atoms with Crippen LogP contribution in [0, 0.1) is 0 Å². The van der Waals surface area contributed by atoms with E-state index in [9.17, 15) is 13.6 Å². The van der Waals surface area contributed by atoms with Crippen molar-refractivity contribution in [2.75, 3.05) is 14.2 Å². The van der Waals surface area contributed by atoms with Crippen LogP contribution in [-0.2, 0) is 11.3 Å². The van der Waals surface area contributed by atoms with Gasteiger partial charge in [-0.05, 0) is 48.0 Å². The lowest BCUT2D eigenvalue weighted by molar-refractivity contribution is -0.125. The van der Waals surface area contributed by atoms with Crippen molar-refractivity contribution in [3.63, 3.8) is 0 Å². The van der Waals surface area contributed by atoms with E-state index >= 15 is 0 Å². The molecule has 7 nitrogen and oxygen atoms in total. The Labute approximate surface area is 207 Å². The Morgan fingerprint density at radius 1 is 1.11 bits per heavy atom. The van der Waals surface area contributed by atoms with E-state index in [0.717, 1.165) is 16.8 Å². The zero-order valence-corrected chi connectivity index (χ0v) is 19.7. The summed E-state index contributed by atoms with van der Waals surface area (Å²) in [6.45, 7) is -2.80. The average Bonchev–Trinajstić information content (AvgIpc) is 3.32. The molecule has 0 atom stereocenters. The smallest absolute Gasteiger partial charge is 0.387 e. The number of hydrogen-bond donors (Lipinski definition) is 0. The fourth-order valence-electron chi connectivity index (χ4n) is 3.60. The summed E-state index contributed by atoms with van der Waals surface area (Å²) in [7, 11) is 2.99. The molecule has 1 amide bonds. The van der Waals surface area contributed by atoms with Gasteiger partial charge in [-0.2, -0.15) is 13.9 Å². The molecule has 0 saturated carbocycles. The predicted molar refractivity (Wildman–Crippen MR) is 132 cm³/mol. The lowest BCUT2D eigenvalue weighted by Crippen LogP contribution is -2.24. The van der Waals surface area contributed by atoms with Crippen LogP contribution < -0.4 is 9.47 Å². The highest BCUT2D eigenvalue weighted by molar-refractivity contribution is 5.92. The number of rotatable bonds is 9. The molecule has 0 aliphatic heterocycles. The molecular formula is C27H24F2N4O3. The maximum Gasteiger partial charge on any atom is 0.387 e. The summed E-state index contributed by atoms with van der Waals surface area (Å²) in [5.41, 5.74) is 3.74. The van der Waals surface area contributed by atoms with Gasteiger partial charge in [-0.15, -0.1) is 0 Å². The predicted octanol–water partition coefficient (Wildman–Crippen LogP) is 5.22. The fourth-order valence-corrected chi connectivity index (χ4v) is 3.60. The lowest BCUT2D eigenvalue weighted by atomic mass is 10.1. The molecule has 0 bridgehead atoms. The van der Waals surface area contributed by atoms with Crippen LogP contribution in [0.25, 0.3) is 23.0 Å². The molecular weight excluding hydrogens is 466 g/mol. The Morgan fingerprint density at radius 2 is 1.92 bits per heavy atom. The minimum absolute atomic E-state index is 0.0872. The van der Waals surface area contributed by atoms with Gasteiger partial charge in [0.25, 0.3) is 0 Å². The zero-order chi connectivity index (χ0) is 25.5. The van der Waals surface area contributed by atoms with Crippen molar-refractivity contribution in [1.29, 1.82) is 0 Å². The molecule has 0 N–H and O–H groups in total. The molecule has 0 saturated heterocycles. The Balaban J connectivity index is 1.55. The number of para-hydroxylation sites is 1. The van der Waals surface area contributed by atoms with E-state index in [1.54, 1.807) is 36.3 Å². The summed E-state index contributed by atoms with van der Waals surface area (Å²) in [6, 6.07) is 18.0. The maximum atomic E-state index is 12.9. The first-order valence-corrected chi connectivity index (χ1v) is 11.0. The molecule has 184 valence electrons. The van der Waals surface area contributed by atoms with E-state index in [1.807, 2.05) is 48.7 Å². The zero-order valence-electron chi connectivity index (χ0n) is 19.7. The summed E-state index contributed by atoms with van der Waals surface area (Å²) in [5, 5.41) is 4.70. The fraction of sp³-hybridized carbons (Fsp3) is 0.148. The number of ether oxygens (including phenoxy) is 2. The molecule has 0 radical (unpaired) electrons. The first-order chi connectivity index (χ1) is 17.4. The molecule has 0 unspecified atom stereocenters. The quantitative estimate of drug-likeness (QED) is 0.301. The van der Waals surface area contributed by atoms with Crippen molar-refractivity contribution >= 4 is 12.0 Å². The van der Waals surface area contributed by atoms with E-state index in [4.69, 9.17) is 9.84 Å². The molecule has 0 fully saturated rings. The number of methoxy groups -OCH3 is 1. The molecule has 2 aromatic carbocycles. The average molecular weight is 491 g/mol. The van der Waals surface area contributed by atoms with Gasteiger partial charge in [0, 0.05) is 49.4 Å². The number of halogens is 2. The Bertz CT molecular complexity index is 1340. The summed E-state index contributed by atoms with van der Waals surface area (Å²) >= 11 is 0. The van der Waals surface area contributed by atoms with Crippen LogP contribution in [0.15, 0.2) is 85.3 Å². The molecule has 0 aliphatic rings. The van der Waals surface area contributed by atoms with Crippen molar-refractivity contribution < 1.29 is 23.0 Å². The van der Waals surface area contributed by atoms with Gasteiger partial charge in [0.15, 0.2) is 11.5 Å². The lowest BCUT2D eigenvalue weighted by Gasteiger charge is -2.17. The number of pyridine rings is 1.